The Labute approximate surface area is 310 Å². The second kappa shape index (κ2) is 20.4. The van der Waals surface area contributed by atoms with Crippen molar-refractivity contribution in [2.45, 2.75) is 63.9 Å². The lowest BCUT2D eigenvalue weighted by atomic mass is 10.2. The fraction of sp³-hybridized carbons (Fsp3) is 0.389. The molecule has 292 valence electrons. The predicted octanol–water partition coefficient (Wildman–Crippen LogP) is 0.751. The van der Waals surface area contributed by atoms with Gasteiger partial charge in [0.05, 0.1) is 24.9 Å². The van der Waals surface area contributed by atoms with Gasteiger partial charge in [0, 0.05) is 36.4 Å². The molecule has 4 N–H and O–H groups in total. The van der Waals surface area contributed by atoms with Gasteiger partial charge < -0.3 is 20.8 Å². The monoisotopic (exact) mass is 758 g/mol. The minimum Gasteiger partial charge on any atom is -0.478 e. The third-order valence-electron chi connectivity index (χ3n) is 8.29. The maximum atomic E-state index is 13.5. The van der Waals surface area contributed by atoms with Crippen LogP contribution in [0.2, 0.25) is 0 Å². The standard InChI is InChI=1S/2C16H20FN3O3.C4H4O4/c2*1-10(20-14(21)8-13(16(20)23)19(2)3)15(22)18-9-11-6-4-5-7-12(11)17;5-3(6)1-2-4(7)8/h2*4-7,10,13H,8-9H2,1-3H3,(H,18,22);1-2H,(H,5,6)(H,7,8)/b;;2-1+/t2*10-,13?;/m00./s1. The van der Waals surface area contributed by atoms with Crippen molar-refractivity contribution >= 4 is 47.4 Å². The minimum absolute atomic E-state index is 0.00315. The number of benzene rings is 2. The molecule has 2 aromatic carbocycles. The van der Waals surface area contributed by atoms with Crippen molar-refractivity contribution in [1.82, 2.24) is 30.2 Å². The second-order valence-corrected chi connectivity index (χ2v) is 12.6. The average Bonchev–Trinajstić information content (AvgIpc) is 3.59. The third kappa shape index (κ3) is 12.4. The lowest BCUT2D eigenvalue weighted by Crippen LogP contribution is -2.49. The fourth-order valence-electron chi connectivity index (χ4n) is 5.21. The third-order valence-corrected chi connectivity index (χ3v) is 8.29. The van der Waals surface area contributed by atoms with E-state index in [0.29, 0.717) is 23.3 Å². The predicted molar refractivity (Wildman–Crippen MR) is 188 cm³/mol. The number of nitrogens with zero attached hydrogens (tertiary/aromatic N) is 4. The van der Waals surface area contributed by atoms with Gasteiger partial charge in [-0.2, -0.15) is 0 Å². The number of carboxylic acid groups (broad SMARTS) is 2. The highest BCUT2D eigenvalue weighted by Crippen LogP contribution is 2.21. The molecule has 6 amide bonds. The van der Waals surface area contributed by atoms with Gasteiger partial charge >= 0.3 is 11.9 Å². The number of hydrogen-bond donors (Lipinski definition) is 4. The summed E-state index contributed by atoms with van der Waals surface area (Å²) in [6.07, 6.45) is 1.25. The van der Waals surface area contributed by atoms with Gasteiger partial charge in [0.2, 0.25) is 35.4 Å². The van der Waals surface area contributed by atoms with Gasteiger partial charge in [-0.1, -0.05) is 36.4 Å². The van der Waals surface area contributed by atoms with Crippen LogP contribution in [0.1, 0.15) is 37.8 Å². The first-order valence-corrected chi connectivity index (χ1v) is 16.5. The van der Waals surface area contributed by atoms with Crippen molar-refractivity contribution < 1.29 is 57.4 Å². The molecule has 2 unspecified atom stereocenters. The Balaban J connectivity index is 0.000000312. The maximum Gasteiger partial charge on any atom is 0.328 e. The van der Waals surface area contributed by atoms with E-state index < -0.39 is 59.6 Å². The molecule has 4 atom stereocenters. The Morgan fingerprint density at radius 2 is 1.00 bits per heavy atom. The summed E-state index contributed by atoms with van der Waals surface area (Å²) in [5.41, 5.74) is 0.691. The number of carbonyl (C=O) groups is 8. The summed E-state index contributed by atoms with van der Waals surface area (Å²) in [5.74, 6) is -5.84. The molecule has 16 nitrogen and oxygen atoms in total. The first kappa shape index (κ1) is 44.3. The van der Waals surface area contributed by atoms with E-state index in [4.69, 9.17) is 10.2 Å². The van der Waals surface area contributed by atoms with Crippen LogP contribution in [0.3, 0.4) is 0 Å². The van der Waals surface area contributed by atoms with Crippen LogP contribution in [0.25, 0.3) is 0 Å². The number of halogens is 2. The zero-order valence-corrected chi connectivity index (χ0v) is 30.6. The van der Waals surface area contributed by atoms with Crippen LogP contribution in [0.4, 0.5) is 8.78 Å². The zero-order chi connectivity index (χ0) is 40.9. The van der Waals surface area contributed by atoms with Gasteiger partial charge in [-0.05, 0) is 54.2 Å². The van der Waals surface area contributed by atoms with E-state index >= 15 is 0 Å². The summed E-state index contributed by atoms with van der Waals surface area (Å²) in [7, 11) is 6.84. The molecule has 0 bridgehead atoms. The molecule has 4 rings (SSSR count). The Hall–Kier alpha value is -5.88. The maximum absolute atomic E-state index is 13.5. The number of amides is 6. The molecule has 0 aliphatic carbocycles. The van der Waals surface area contributed by atoms with Crippen molar-refractivity contribution in [2.24, 2.45) is 0 Å². The van der Waals surface area contributed by atoms with Gasteiger partial charge in [-0.3, -0.25) is 48.4 Å². The van der Waals surface area contributed by atoms with E-state index in [1.54, 1.807) is 74.4 Å². The number of carbonyl (C=O) groups excluding carboxylic acids is 6. The SMILES string of the molecule is C[C@@H](C(=O)NCc1ccccc1F)N1C(=O)CC(N(C)C)C1=O.C[C@@H](C(=O)NCc1ccccc1F)N1C(=O)CC(N(C)C)C1=O.O=C(O)/C=C/C(=O)O. The molecule has 2 saturated heterocycles. The summed E-state index contributed by atoms with van der Waals surface area (Å²) < 4.78 is 27.1. The van der Waals surface area contributed by atoms with Crippen molar-refractivity contribution in [3.8, 4) is 0 Å². The molecule has 2 heterocycles. The molecule has 0 radical (unpaired) electrons. The van der Waals surface area contributed by atoms with Crippen LogP contribution < -0.4 is 10.6 Å². The molecule has 54 heavy (non-hydrogen) atoms. The number of rotatable bonds is 12. The number of likely N-dealkylation sites (N-methyl/N-ethyl adjacent to an activating group) is 2. The van der Waals surface area contributed by atoms with Crippen molar-refractivity contribution in [3.63, 3.8) is 0 Å². The molecule has 2 aromatic rings. The highest BCUT2D eigenvalue weighted by atomic mass is 19.1. The molecule has 18 heteroatoms. The van der Waals surface area contributed by atoms with Crippen LogP contribution in [-0.4, -0.2) is 130 Å². The summed E-state index contributed by atoms with van der Waals surface area (Å²) in [6.45, 7) is 2.99. The summed E-state index contributed by atoms with van der Waals surface area (Å²) in [5, 5.41) is 20.8. The Morgan fingerprint density at radius 1 is 0.685 bits per heavy atom. The number of imide groups is 2. The van der Waals surface area contributed by atoms with Crippen molar-refractivity contribution in [3.05, 3.63) is 83.4 Å². The van der Waals surface area contributed by atoms with E-state index in [-0.39, 0.29) is 49.6 Å². The van der Waals surface area contributed by atoms with Crippen LogP contribution in [0.15, 0.2) is 60.7 Å². The smallest absolute Gasteiger partial charge is 0.328 e. The molecule has 2 aliphatic rings. The molecule has 2 fully saturated rings. The first-order valence-electron chi connectivity index (χ1n) is 16.5. The summed E-state index contributed by atoms with van der Waals surface area (Å²) >= 11 is 0. The highest BCUT2D eigenvalue weighted by Gasteiger charge is 2.45. The van der Waals surface area contributed by atoms with E-state index in [0.717, 1.165) is 9.80 Å². The van der Waals surface area contributed by atoms with Crippen molar-refractivity contribution in [2.75, 3.05) is 28.2 Å². The van der Waals surface area contributed by atoms with E-state index in [2.05, 4.69) is 10.6 Å². The summed E-state index contributed by atoms with van der Waals surface area (Å²) in [4.78, 5) is 97.3. The number of nitrogens with one attached hydrogen (secondary N) is 2. The van der Waals surface area contributed by atoms with Gasteiger partial charge in [0.15, 0.2) is 0 Å². The topological polar surface area (TPSA) is 214 Å². The quantitative estimate of drug-likeness (QED) is 0.174. The Morgan fingerprint density at radius 3 is 1.26 bits per heavy atom. The number of carboxylic acids is 2. The molecular weight excluding hydrogens is 714 g/mol. The molecule has 2 aliphatic heterocycles. The molecule has 0 saturated carbocycles. The lowest BCUT2D eigenvalue weighted by molar-refractivity contribution is -0.147. The normalized spacial score (nSPS) is 17.9. The van der Waals surface area contributed by atoms with Gasteiger partial charge in [0.25, 0.3) is 0 Å². The highest BCUT2D eigenvalue weighted by molar-refractivity contribution is 6.09. The second-order valence-electron chi connectivity index (χ2n) is 12.6. The van der Waals surface area contributed by atoms with E-state index in [1.165, 1.54) is 26.0 Å². The zero-order valence-electron chi connectivity index (χ0n) is 30.6. The van der Waals surface area contributed by atoms with E-state index in [9.17, 15) is 47.1 Å². The van der Waals surface area contributed by atoms with Gasteiger partial charge in [0.1, 0.15) is 23.7 Å². The number of likely N-dealkylation sites (tertiary alicyclic amines) is 2. The van der Waals surface area contributed by atoms with Gasteiger partial charge in [-0.15, -0.1) is 0 Å². The van der Waals surface area contributed by atoms with Crippen LogP contribution in [-0.2, 0) is 51.4 Å². The number of aliphatic carboxylic acids is 2. The largest absolute Gasteiger partial charge is 0.478 e. The van der Waals surface area contributed by atoms with Crippen LogP contribution >= 0.6 is 0 Å². The Bertz CT molecular complexity index is 1640. The fourth-order valence-corrected chi connectivity index (χ4v) is 5.21. The van der Waals surface area contributed by atoms with E-state index in [1.807, 2.05) is 0 Å². The van der Waals surface area contributed by atoms with Crippen molar-refractivity contribution in [1.29, 1.82) is 0 Å². The van der Waals surface area contributed by atoms with Crippen LogP contribution in [0.5, 0.6) is 0 Å². The summed E-state index contributed by atoms with van der Waals surface area (Å²) in [6, 6.07) is 9.28. The molecule has 0 spiro atoms. The molecule has 0 aromatic heterocycles. The number of hydrogen-bond acceptors (Lipinski definition) is 10. The Kier molecular flexibility index (Phi) is 16.7. The molecular formula is C36H44F2N6O10. The minimum atomic E-state index is -1.26. The van der Waals surface area contributed by atoms with Crippen LogP contribution in [0, 0.1) is 11.6 Å². The van der Waals surface area contributed by atoms with Gasteiger partial charge in [-0.25, -0.2) is 18.4 Å². The average molecular weight is 759 g/mol. The lowest BCUT2D eigenvalue weighted by Gasteiger charge is -2.23. The first-order chi connectivity index (χ1) is 25.3.